The number of hydrogen-bond acceptors (Lipinski definition) is 4. The molecule has 0 spiro atoms. The zero-order chi connectivity index (χ0) is 15.5. The molecule has 4 heteroatoms. The van der Waals surface area contributed by atoms with Gasteiger partial charge in [0.05, 0.1) is 6.04 Å². The van der Waals surface area contributed by atoms with Crippen LogP contribution in [0.3, 0.4) is 0 Å². The standard InChI is InChI=1S/C18H19N3O/c1-3-15(21-16-6-4-5-11-19-16)14-10-9-13-8-7-12(2)20-17(13)18(14)22/h4-11,15,22H,3H2,1-2H3,(H,19,21). The molecular formula is C18H19N3O. The number of benzene rings is 1. The van der Waals surface area contributed by atoms with Gasteiger partial charge in [0.1, 0.15) is 17.1 Å². The molecule has 1 unspecified atom stereocenters. The van der Waals surface area contributed by atoms with Crippen molar-refractivity contribution >= 4 is 16.7 Å². The van der Waals surface area contributed by atoms with Crippen LogP contribution in [-0.4, -0.2) is 15.1 Å². The van der Waals surface area contributed by atoms with Gasteiger partial charge >= 0.3 is 0 Å². The van der Waals surface area contributed by atoms with Crippen molar-refractivity contribution in [3.8, 4) is 5.75 Å². The van der Waals surface area contributed by atoms with Crippen molar-refractivity contribution in [2.24, 2.45) is 0 Å². The average Bonchev–Trinajstić information content (AvgIpc) is 2.55. The van der Waals surface area contributed by atoms with Gasteiger partial charge < -0.3 is 10.4 Å². The highest BCUT2D eigenvalue weighted by Crippen LogP contribution is 2.34. The Balaban J connectivity index is 2.01. The van der Waals surface area contributed by atoms with Crippen molar-refractivity contribution in [3.63, 3.8) is 0 Å². The number of rotatable bonds is 4. The molecule has 0 saturated carbocycles. The van der Waals surface area contributed by atoms with E-state index in [4.69, 9.17) is 0 Å². The summed E-state index contributed by atoms with van der Waals surface area (Å²) in [4.78, 5) is 8.76. The normalized spacial score (nSPS) is 12.3. The monoisotopic (exact) mass is 293 g/mol. The number of phenolic OH excluding ortho intramolecular Hbond substituents is 1. The molecule has 2 N–H and O–H groups in total. The van der Waals surface area contributed by atoms with Crippen LogP contribution >= 0.6 is 0 Å². The SMILES string of the molecule is CCC(Nc1ccccn1)c1ccc2ccc(C)nc2c1O. The van der Waals surface area contributed by atoms with Crippen molar-refractivity contribution in [2.45, 2.75) is 26.3 Å². The number of hydrogen-bond donors (Lipinski definition) is 2. The summed E-state index contributed by atoms with van der Waals surface area (Å²) in [5, 5.41) is 14.9. The summed E-state index contributed by atoms with van der Waals surface area (Å²) >= 11 is 0. The van der Waals surface area contributed by atoms with Gasteiger partial charge in [-0.05, 0) is 31.5 Å². The molecule has 3 aromatic rings. The highest BCUT2D eigenvalue weighted by atomic mass is 16.3. The Kier molecular flexibility index (Phi) is 3.92. The Morgan fingerprint density at radius 1 is 1.14 bits per heavy atom. The molecule has 0 bridgehead atoms. The van der Waals surface area contributed by atoms with Gasteiger partial charge in [-0.2, -0.15) is 0 Å². The minimum absolute atomic E-state index is 0.0124. The Morgan fingerprint density at radius 2 is 1.95 bits per heavy atom. The predicted octanol–water partition coefficient (Wildman–Crippen LogP) is 4.21. The lowest BCUT2D eigenvalue weighted by Gasteiger charge is -2.20. The molecule has 0 aliphatic heterocycles. The van der Waals surface area contributed by atoms with Gasteiger partial charge in [-0.25, -0.2) is 9.97 Å². The van der Waals surface area contributed by atoms with Crippen LogP contribution in [0.4, 0.5) is 5.82 Å². The molecule has 0 aliphatic rings. The third-order valence-corrected chi connectivity index (χ3v) is 3.78. The van der Waals surface area contributed by atoms with E-state index in [1.807, 2.05) is 49.4 Å². The van der Waals surface area contributed by atoms with Crippen LogP contribution in [0.1, 0.15) is 30.6 Å². The number of aromatic nitrogens is 2. The molecule has 2 aromatic heterocycles. The minimum atomic E-state index is -0.0124. The number of aryl methyl sites for hydroxylation is 1. The van der Waals surface area contributed by atoms with Gasteiger partial charge in [0.15, 0.2) is 0 Å². The number of anilines is 1. The summed E-state index contributed by atoms with van der Waals surface area (Å²) in [5.41, 5.74) is 2.39. The largest absolute Gasteiger partial charge is 0.505 e. The smallest absolute Gasteiger partial charge is 0.147 e. The van der Waals surface area contributed by atoms with Gasteiger partial charge in [0.2, 0.25) is 0 Å². The molecule has 2 heterocycles. The van der Waals surface area contributed by atoms with Crippen molar-refractivity contribution in [1.29, 1.82) is 0 Å². The second-order valence-corrected chi connectivity index (χ2v) is 5.35. The molecule has 0 fully saturated rings. The van der Waals surface area contributed by atoms with E-state index in [-0.39, 0.29) is 11.8 Å². The first kappa shape index (κ1) is 14.3. The molecule has 0 saturated heterocycles. The van der Waals surface area contributed by atoms with Crippen LogP contribution in [-0.2, 0) is 0 Å². The van der Waals surface area contributed by atoms with Crippen molar-refractivity contribution in [2.75, 3.05) is 5.32 Å². The topological polar surface area (TPSA) is 58.0 Å². The van der Waals surface area contributed by atoms with E-state index >= 15 is 0 Å². The molecule has 1 atom stereocenters. The fourth-order valence-corrected chi connectivity index (χ4v) is 2.59. The molecular weight excluding hydrogens is 274 g/mol. The number of pyridine rings is 2. The lowest BCUT2D eigenvalue weighted by Crippen LogP contribution is -2.11. The van der Waals surface area contributed by atoms with Crippen LogP contribution in [0, 0.1) is 6.92 Å². The van der Waals surface area contributed by atoms with Crippen LogP contribution < -0.4 is 5.32 Å². The highest BCUT2D eigenvalue weighted by molar-refractivity contribution is 5.86. The van der Waals surface area contributed by atoms with Crippen LogP contribution in [0.5, 0.6) is 5.75 Å². The lowest BCUT2D eigenvalue weighted by atomic mass is 10.0. The second kappa shape index (κ2) is 6.02. The second-order valence-electron chi connectivity index (χ2n) is 5.35. The maximum Gasteiger partial charge on any atom is 0.147 e. The molecule has 22 heavy (non-hydrogen) atoms. The lowest BCUT2D eigenvalue weighted by molar-refractivity contribution is 0.467. The number of nitrogens with zero attached hydrogens (tertiary/aromatic N) is 2. The number of nitrogens with one attached hydrogen (secondary N) is 1. The third-order valence-electron chi connectivity index (χ3n) is 3.78. The zero-order valence-corrected chi connectivity index (χ0v) is 12.7. The molecule has 0 radical (unpaired) electrons. The fourth-order valence-electron chi connectivity index (χ4n) is 2.59. The predicted molar refractivity (Wildman–Crippen MR) is 89.0 cm³/mol. The van der Waals surface area contributed by atoms with Crippen LogP contribution in [0.15, 0.2) is 48.7 Å². The summed E-state index contributed by atoms with van der Waals surface area (Å²) in [6.07, 6.45) is 2.58. The Morgan fingerprint density at radius 3 is 2.68 bits per heavy atom. The summed E-state index contributed by atoms with van der Waals surface area (Å²) < 4.78 is 0. The van der Waals surface area contributed by atoms with E-state index < -0.39 is 0 Å². The molecule has 112 valence electrons. The van der Waals surface area contributed by atoms with E-state index in [1.54, 1.807) is 6.20 Å². The first-order valence-corrected chi connectivity index (χ1v) is 7.46. The molecule has 0 amide bonds. The van der Waals surface area contributed by atoms with E-state index in [1.165, 1.54) is 0 Å². The third kappa shape index (κ3) is 2.72. The van der Waals surface area contributed by atoms with Gasteiger partial charge in [0, 0.05) is 22.8 Å². The first-order chi connectivity index (χ1) is 10.7. The number of fused-ring (bicyclic) bond motifs is 1. The molecule has 4 nitrogen and oxygen atoms in total. The van der Waals surface area contributed by atoms with Crippen molar-refractivity contribution < 1.29 is 5.11 Å². The van der Waals surface area contributed by atoms with E-state index in [0.717, 1.165) is 28.9 Å². The summed E-state index contributed by atoms with van der Waals surface area (Å²) in [6.45, 7) is 4.00. The Labute approximate surface area is 129 Å². The number of phenols is 1. The maximum absolute atomic E-state index is 10.6. The van der Waals surface area contributed by atoms with E-state index in [2.05, 4.69) is 22.2 Å². The Hall–Kier alpha value is -2.62. The minimum Gasteiger partial charge on any atom is -0.505 e. The summed E-state index contributed by atoms with van der Waals surface area (Å²) in [7, 11) is 0. The Bertz CT molecular complexity index is 787. The van der Waals surface area contributed by atoms with Crippen LogP contribution in [0.2, 0.25) is 0 Å². The molecule has 3 rings (SSSR count). The summed E-state index contributed by atoms with van der Waals surface area (Å²) in [5.74, 6) is 1.04. The van der Waals surface area contributed by atoms with Gasteiger partial charge in [0.25, 0.3) is 0 Å². The van der Waals surface area contributed by atoms with Crippen LogP contribution in [0.25, 0.3) is 10.9 Å². The quantitative estimate of drug-likeness (QED) is 0.756. The highest BCUT2D eigenvalue weighted by Gasteiger charge is 2.16. The van der Waals surface area contributed by atoms with Crippen molar-refractivity contribution in [3.05, 3.63) is 59.9 Å². The summed E-state index contributed by atoms with van der Waals surface area (Å²) in [6, 6.07) is 13.6. The van der Waals surface area contributed by atoms with Gasteiger partial charge in [-0.15, -0.1) is 0 Å². The maximum atomic E-state index is 10.6. The number of aromatic hydroxyl groups is 1. The average molecular weight is 293 g/mol. The zero-order valence-electron chi connectivity index (χ0n) is 12.7. The van der Waals surface area contributed by atoms with Gasteiger partial charge in [-0.1, -0.05) is 31.2 Å². The fraction of sp³-hybridized carbons (Fsp3) is 0.222. The van der Waals surface area contributed by atoms with E-state index in [0.29, 0.717) is 5.52 Å². The first-order valence-electron chi connectivity index (χ1n) is 7.46. The molecule has 1 aromatic carbocycles. The van der Waals surface area contributed by atoms with Gasteiger partial charge in [-0.3, -0.25) is 0 Å². The van der Waals surface area contributed by atoms with E-state index in [9.17, 15) is 5.11 Å². The van der Waals surface area contributed by atoms with Crippen molar-refractivity contribution in [1.82, 2.24) is 9.97 Å². The molecule has 0 aliphatic carbocycles.